The topological polar surface area (TPSA) is 79.1 Å². The summed E-state index contributed by atoms with van der Waals surface area (Å²) >= 11 is 3.48. The van der Waals surface area contributed by atoms with Crippen molar-refractivity contribution >= 4 is 43.6 Å². The highest BCUT2D eigenvalue weighted by Gasteiger charge is 2.18. The fraction of sp³-hybridized carbons (Fsp3) is 0.235. The Kier molecular flexibility index (Phi) is 3.50. The van der Waals surface area contributed by atoms with Crippen molar-refractivity contribution in [3.63, 3.8) is 0 Å². The Hall–Kier alpha value is -1.85. The van der Waals surface area contributed by atoms with E-state index in [2.05, 4.69) is 20.9 Å². The van der Waals surface area contributed by atoms with E-state index in [1.165, 1.54) is 0 Å². The number of carbonyl (C=O) groups excluding carboxylic acids is 1. The van der Waals surface area contributed by atoms with Crippen LogP contribution < -0.4 is 5.73 Å². The zero-order valence-corrected chi connectivity index (χ0v) is 14.0. The van der Waals surface area contributed by atoms with Gasteiger partial charge in [-0.3, -0.25) is 4.79 Å². The Bertz CT molecular complexity index is 891. The van der Waals surface area contributed by atoms with Gasteiger partial charge >= 0.3 is 0 Å². The molecule has 0 unspecified atom stereocenters. The van der Waals surface area contributed by atoms with Gasteiger partial charge in [0, 0.05) is 20.8 Å². The maximum absolute atomic E-state index is 11.3. The third-order valence-electron chi connectivity index (χ3n) is 3.83. The van der Waals surface area contributed by atoms with Crippen LogP contribution in [0.15, 0.2) is 34.8 Å². The molecule has 0 aliphatic heterocycles. The molecule has 0 aliphatic rings. The van der Waals surface area contributed by atoms with Crippen molar-refractivity contribution in [1.29, 1.82) is 0 Å². The molecule has 1 heterocycles. The number of benzene rings is 2. The molecule has 0 radical (unpaired) electrons. The maximum atomic E-state index is 11.3. The van der Waals surface area contributed by atoms with Crippen LogP contribution in [0.3, 0.4) is 0 Å². The van der Waals surface area contributed by atoms with Crippen molar-refractivity contribution in [1.82, 2.24) is 4.98 Å². The normalized spacial score (nSPS) is 12.2. The van der Waals surface area contributed by atoms with Crippen LogP contribution in [0.2, 0.25) is 0 Å². The van der Waals surface area contributed by atoms with Crippen molar-refractivity contribution < 1.29 is 9.90 Å². The zero-order valence-electron chi connectivity index (χ0n) is 12.4. The number of amides is 1. The zero-order chi connectivity index (χ0) is 16.1. The second-order valence-corrected chi connectivity index (χ2v) is 6.99. The highest BCUT2D eigenvalue weighted by atomic mass is 79.9. The van der Waals surface area contributed by atoms with Crippen molar-refractivity contribution in [2.45, 2.75) is 25.9 Å². The molecule has 0 saturated carbocycles. The number of nitrogens with two attached hydrogens (primary N) is 1. The van der Waals surface area contributed by atoms with Crippen LogP contribution in [0.5, 0.6) is 0 Å². The number of fused-ring (bicyclic) bond motifs is 3. The van der Waals surface area contributed by atoms with Gasteiger partial charge in [-0.05, 0) is 43.2 Å². The van der Waals surface area contributed by atoms with Crippen LogP contribution in [0.1, 0.15) is 25.0 Å². The summed E-state index contributed by atoms with van der Waals surface area (Å²) in [6.07, 6.45) is 0.182. The summed E-state index contributed by atoms with van der Waals surface area (Å²) in [5, 5.41) is 12.2. The molecule has 3 aromatic rings. The van der Waals surface area contributed by atoms with Gasteiger partial charge in [0.15, 0.2) is 0 Å². The Labute approximate surface area is 136 Å². The van der Waals surface area contributed by atoms with Crippen LogP contribution in [-0.4, -0.2) is 16.0 Å². The molecule has 5 heteroatoms. The first-order chi connectivity index (χ1) is 10.3. The van der Waals surface area contributed by atoms with Crippen molar-refractivity contribution in [3.8, 4) is 0 Å². The van der Waals surface area contributed by atoms with E-state index < -0.39 is 5.60 Å². The van der Waals surface area contributed by atoms with Gasteiger partial charge in [-0.25, -0.2) is 0 Å². The van der Waals surface area contributed by atoms with Crippen LogP contribution in [0.4, 0.5) is 0 Å². The summed E-state index contributed by atoms with van der Waals surface area (Å²) in [5.41, 5.74) is 7.97. The van der Waals surface area contributed by atoms with Crippen molar-refractivity contribution in [3.05, 3.63) is 45.9 Å². The fourth-order valence-corrected chi connectivity index (χ4v) is 3.25. The number of rotatable bonds is 3. The SMILES string of the molecule is CC(C)(O)c1ccc2c(c1)[nH]c1c(CC(N)=O)cc(Br)cc12. The lowest BCUT2D eigenvalue weighted by Gasteiger charge is -2.17. The summed E-state index contributed by atoms with van der Waals surface area (Å²) < 4.78 is 0.906. The van der Waals surface area contributed by atoms with E-state index in [1.54, 1.807) is 13.8 Å². The Balaban J connectivity index is 2.31. The summed E-state index contributed by atoms with van der Waals surface area (Å²) in [6, 6.07) is 9.77. The predicted molar refractivity (Wildman–Crippen MR) is 91.6 cm³/mol. The summed E-state index contributed by atoms with van der Waals surface area (Å²) in [6.45, 7) is 3.51. The largest absolute Gasteiger partial charge is 0.386 e. The second kappa shape index (κ2) is 5.11. The van der Waals surface area contributed by atoms with Gasteiger partial charge in [0.2, 0.25) is 5.91 Å². The minimum absolute atomic E-state index is 0.182. The Morgan fingerprint density at radius 2 is 2.00 bits per heavy atom. The first-order valence-corrected chi connectivity index (χ1v) is 7.80. The maximum Gasteiger partial charge on any atom is 0.221 e. The fourth-order valence-electron chi connectivity index (χ4n) is 2.75. The number of H-pyrrole nitrogens is 1. The Morgan fingerprint density at radius 1 is 1.27 bits per heavy atom. The smallest absolute Gasteiger partial charge is 0.221 e. The average molecular weight is 361 g/mol. The summed E-state index contributed by atoms with van der Waals surface area (Å²) in [5.74, 6) is -0.366. The van der Waals surface area contributed by atoms with E-state index in [4.69, 9.17) is 5.73 Å². The molecule has 2 aromatic carbocycles. The van der Waals surface area contributed by atoms with E-state index in [1.807, 2.05) is 30.3 Å². The quantitative estimate of drug-likeness (QED) is 0.669. The van der Waals surface area contributed by atoms with Gasteiger partial charge < -0.3 is 15.8 Å². The van der Waals surface area contributed by atoms with Gasteiger partial charge in [-0.1, -0.05) is 28.1 Å². The lowest BCUT2D eigenvalue weighted by molar-refractivity contribution is -0.117. The molecule has 1 amide bonds. The minimum Gasteiger partial charge on any atom is -0.386 e. The van der Waals surface area contributed by atoms with Crippen LogP contribution >= 0.6 is 15.9 Å². The van der Waals surface area contributed by atoms with E-state index >= 15 is 0 Å². The number of aliphatic hydroxyl groups is 1. The molecule has 4 N–H and O–H groups in total. The molecule has 0 aliphatic carbocycles. The van der Waals surface area contributed by atoms with Gasteiger partial charge in [0.25, 0.3) is 0 Å². The highest BCUT2D eigenvalue weighted by Crippen LogP contribution is 2.33. The number of aromatic nitrogens is 1. The van der Waals surface area contributed by atoms with E-state index in [-0.39, 0.29) is 12.3 Å². The van der Waals surface area contributed by atoms with Gasteiger partial charge in [-0.15, -0.1) is 0 Å². The number of hydrogen-bond donors (Lipinski definition) is 3. The predicted octanol–water partition coefficient (Wildman–Crippen LogP) is 3.34. The standard InChI is InChI=1S/C17H17BrN2O2/c1-17(2,22)10-3-4-12-13-8-11(18)5-9(6-15(19)21)16(13)20-14(12)7-10/h3-5,7-8,20,22H,6H2,1-2H3,(H2,19,21). The van der Waals surface area contributed by atoms with E-state index in [9.17, 15) is 9.90 Å². The first-order valence-electron chi connectivity index (χ1n) is 7.01. The van der Waals surface area contributed by atoms with Crippen molar-refractivity contribution in [2.24, 2.45) is 5.73 Å². The monoisotopic (exact) mass is 360 g/mol. The minimum atomic E-state index is -0.901. The van der Waals surface area contributed by atoms with Crippen molar-refractivity contribution in [2.75, 3.05) is 0 Å². The van der Waals surface area contributed by atoms with Gasteiger partial charge in [0.05, 0.1) is 17.5 Å². The number of primary amides is 1. The number of hydrogen-bond acceptors (Lipinski definition) is 2. The summed E-state index contributed by atoms with van der Waals surface area (Å²) in [4.78, 5) is 14.6. The molecule has 3 rings (SSSR count). The molecule has 1 aromatic heterocycles. The summed E-state index contributed by atoms with van der Waals surface area (Å²) in [7, 11) is 0. The third-order valence-corrected chi connectivity index (χ3v) is 4.28. The molecule has 0 spiro atoms. The van der Waals surface area contributed by atoms with Gasteiger partial charge in [-0.2, -0.15) is 0 Å². The highest BCUT2D eigenvalue weighted by molar-refractivity contribution is 9.10. The molecule has 0 atom stereocenters. The molecule has 22 heavy (non-hydrogen) atoms. The van der Waals surface area contributed by atoms with Crippen LogP contribution in [0, 0.1) is 0 Å². The lowest BCUT2D eigenvalue weighted by atomic mass is 9.97. The third kappa shape index (κ3) is 2.62. The van der Waals surface area contributed by atoms with E-state index in [0.717, 1.165) is 37.4 Å². The molecular weight excluding hydrogens is 344 g/mol. The molecule has 0 bridgehead atoms. The van der Waals surface area contributed by atoms with Crippen LogP contribution in [0.25, 0.3) is 21.8 Å². The molecular formula is C17H17BrN2O2. The van der Waals surface area contributed by atoms with Gasteiger partial charge in [0.1, 0.15) is 0 Å². The Morgan fingerprint density at radius 3 is 2.64 bits per heavy atom. The number of nitrogens with one attached hydrogen (secondary N) is 1. The second-order valence-electron chi connectivity index (χ2n) is 6.07. The average Bonchev–Trinajstić information content (AvgIpc) is 2.75. The number of halogens is 1. The first kappa shape index (κ1) is 15.1. The van der Waals surface area contributed by atoms with E-state index in [0.29, 0.717) is 0 Å². The molecule has 0 fully saturated rings. The number of aromatic amines is 1. The molecule has 0 saturated heterocycles. The lowest BCUT2D eigenvalue weighted by Crippen LogP contribution is -2.14. The molecule has 4 nitrogen and oxygen atoms in total. The van der Waals surface area contributed by atoms with Crippen LogP contribution in [-0.2, 0) is 16.8 Å². The number of carbonyl (C=O) groups is 1. The molecule has 114 valence electrons.